The number of carboxylic acid groups (broad SMARTS) is 1. The summed E-state index contributed by atoms with van der Waals surface area (Å²) < 4.78 is 0. The Hall–Kier alpha value is -4.18. The molecule has 0 radical (unpaired) electrons. The number of thiophene rings is 1. The van der Waals surface area contributed by atoms with E-state index in [9.17, 15) is 24.3 Å². The van der Waals surface area contributed by atoms with Crippen LogP contribution in [0.25, 0.3) is 0 Å². The highest BCUT2D eigenvalue weighted by Gasteiger charge is 2.35. The van der Waals surface area contributed by atoms with Crippen LogP contribution in [-0.2, 0) is 9.59 Å². The molecule has 3 aromatic rings. The van der Waals surface area contributed by atoms with Gasteiger partial charge in [0.2, 0.25) is 5.91 Å². The lowest BCUT2D eigenvalue weighted by molar-refractivity contribution is -0.137. The number of nitrogens with one attached hydrogen (secondary N) is 2. The first-order chi connectivity index (χ1) is 19.7. The predicted molar refractivity (Wildman–Crippen MR) is 158 cm³/mol. The van der Waals surface area contributed by atoms with E-state index in [0.29, 0.717) is 29.9 Å². The Morgan fingerprint density at radius 2 is 1.71 bits per heavy atom. The molecule has 2 fully saturated rings. The summed E-state index contributed by atoms with van der Waals surface area (Å²) in [6.45, 7) is 5.11. The third-order valence-electron chi connectivity index (χ3n) is 7.61. The first-order valence-electron chi connectivity index (χ1n) is 13.8. The van der Waals surface area contributed by atoms with Crippen LogP contribution in [0.2, 0.25) is 0 Å². The van der Waals surface area contributed by atoms with E-state index < -0.39 is 17.9 Å². The van der Waals surface area contributed by atoms with E-state index in [1.165, 1.54) is 11.3 Å². The average molecular weight is 575 g/mol. The van der Waals surface area contributed by atoms with Gasteiger partial charge in [-0.25, -0.2) is 0 Å². The third-order valence-corrected chi connectivity index (χ3v) is 8.60. The molecule has 5 rings (SSSR count). The zero-order valence-electron chi connectivity index (χ0n) is 23.1. The molecule has 3 unspecified atom stereocenters. The molecule has 41 heavy (non-hydrogen) atoms. The van der Waals surface area contributed by atoms with Gasteiger partial charge in [-0.3, -0.25) is 19.2 Å². The zero-order valence-corrected chi connectivity index (χ0v) is 23.9. The van der Waals surface area contributed by atoms with Crippen molar-refractivity contribution in [3.63, 3.8) is 0 Å². The van der Waals surface area contributed by atoms with Crippen molar-refractivity contribution in [3.8, 4) is 0 Å². The van der Waals surface area contributed by atoms with Crippen LogP contribution in [0.4, 0.5) is 11.4 Å². The number of carbonyl (C=O) groups is 4. The van der Waals surface area contributed by atoms with Gasteiger partial charge in [0.1, 0.15) is 0 Å². The second-order valence-corrected chi connectivity index (χ2v) is 11.8. The highest BCUT2D eigenvalue weighted by Crippen LogP contribution is 2.35. The molecule has 1 saturated heterocycles. The van der Waals surface area contributed by atoms with Crippen molar-refractivity contribution in [3.05, 3.63) is 82.0 Å². The van der Waals surface area contributed by atoms with Crippen molar-refractivity contribution < 1.29 is 24.3 Å². The van der Waals surface area contributed by atoms with Crippen molar-refractivity contribution in [2.24, 2.45) is 5.92 Å². The molecule has 3 amide bonds. The number of amides is 3. The Morgan fingerprint density at radius 1 is 0.951 bits per heavy atom. The summed E-state index contributed by atoms with van der Waals surface area (Å²) >= 11 is 1.38. The van der Waals surface area contributed by atoms with Gasteiger partial charge in [-0.2, -0.15) is 0 Å². The number of carbonyl (C=O) groups excluding carboxylic acids is 3. The molecule has 9 nitrogen and oxygen atoms in total. The molecule has 2 heterocycles. The number of rotatable bonds is 9. The van der Waals surface area contributed by atoms with E-state index in [4.69, 9.17) is 0 Å². The Labute approximate surface area is 243 Å². The van der Waals surface area contributed by atoms with Gasteiger partial charge in [0.25, 0.3) is 11.8 Å². The van der Waals surface area contributed by atoms with Crippen LogP contribution in [0.15, 0.2) is 66.0 Å². The Balaban J connectivity index is 1.39. The highest BCUT2D eigenvalue weighted by atomic mass is 32.1. The van der Waals surface area contributed by atoms with Crippen LogP contribution >= 0.6 is 11.3 Å². The molecule has 3 atom stereocenters. The average Bonchev–Trinajstić information content (AvgIpc) is 3.67. The van der Waals surface area contributed by atoms with Crippen molar-refractivity contribution in [1.29, 1.82) is 0 Å². The maximum atomic E-state index is 13.3. The number of carboxylic acids is 1. The summed E-state index contributed by atoms with van der Waals surface area (Å²) in [6.07, 6.45) is 1.44. The van der Waals surface area contributed by atoms with Gasteiger partial charge in [0.05, 0.1) is 23.8 Å². The van der Waals surface area contributed by atoms with Gasteiger partial charge < -0.3 is 25.5 Å². The van der Waals surface area contributed by atoms with E-state index in [1.807, 2.05) is 66.6 Å². The van der Waals surface area contributed by atoms with E-state index in [0.717, 1.165) is 23.4 Å². The maximum Gasteiger partial charge on any atom is 0.305 e. The summed E-state index contributed by atoms with van der Waals surface area (Å²) in [5.74, 6) is -1.55. The van der Waals surface area contributed by atoms with Crippen LogP contribution < -0.4 is 15.5 Å². The standard InChI is InChI=1S/C31H34N4O5S/c1-19-18-35(31(40)22-7-4-3-5-8-22)20(2)17-34(19)26-13-12-23(15-24(26)32-29(38)21-10-11-21)30(39)33-25(16-28(36)37)27-9-6-14-41-27/h3-9,12-15,19-21,25H,10-11,16-18H2,1-2H3,(H,32,38)(H,33,39)(H,36,37). The number of hydrogen-bond donors (Lipinski definition) is 3. The lowest BCUT2D eigenvalue weighted by atomic mass is 10.0. The van der Waals surface area contributed by atoms with Crippen molar-refractivity contribution in [1.82, 2.24) is 10.2 Å². The fraction of sp³-hybridized carbons (Fsp3) is 0.355. The quantitative estimate of drug-likeness (QED) is 0.338. The topological polar surface area (TPSA) is 119 Å². The van der Waals surface area contributed by atoms with E-state index >= 15 is 0 Å². The Kier molecular flexibility index (Phi) is 8.39. The molecule has 0 bridgehead atoms. The molecule has 10 heteroatoms. The van der Waals surface area contributed by atoms with Crippen molar-refractivity contribution in [2.45, 2.75) is 51.2 Å². The second-order valence-electron chi connectivity index (χ2n) is 10.8. The third kappa shape index (κ3) is 6.59. The Morgan fingerprint density at radius 3 is 2.37 bits per heavy atom. The highest BCUT2D eigenvalue weighted by molar-refractivity contribution is 7.10. The van der Waals surface area contributed by atoms with Crippen LogP contribution in [0.1, 0.15) is 64.7 Å². The van der Waals surface area contributed by atoms with E-state index in [1.54, 1.807) is 18.2 Å². The summed E-state index contributed by atoms with van der Waals surface area (Å²) in [4.78, 5) is 55.6. The molecular formula is C31H34N4O5S. The van der Waals surface area contributed by atoms with Crippen LogP contribution in [0.3, 0.4) is 0 Å². The molecule has 2 aromatic carbocycles. The molecular weight excluding hydrogens is 540 g/mol. The second kappa shape index (κ2) is 12.1. The van der Waals surface area contributed by atoms with E-state index in [2.05, 4.69) is 15.5 Å². The normalized spacial score (nSPS) is 19.4. The summed E-state index contributed by atoms with van der Waals surface area (Å²) in [5, 5.41) is 17.1. The van der Waals surface area contributed by atoms with Gasteiger partial charge in [-0.05, 0) is 68.5 Å². The molecule has 3 N–H and O–H groups in total. The summed E-state index contributed by atoms with van der Waals surface area (Å²) in [6, 6.07) is 17.2. The van der Waals surface area contributed by atoms with E-state index in [-0.39, 0.29) is 36.2 Å². The zero-order chi connectivity index (χ0) is 29.1. The van der Waals surface area contributed by atoms with Crippen molar-refractivity contribution >= 4 is 46.4 Å². The van der Waals surface area contributed by atoms with Crippen LogP contribution in [0.5, 0.6) is 0 Å². The lowest BCUT2D eigenvalue weighted by Gasteiger charge is -2.46. The smallest absolute Gasteiger partial charge is 0.305 e. The minimum absolute atomic E-state index is 0.0134. The lowest BCUT2D eigenvalue weighted by Crippen LogP contribution is -2.58. The number of anilines is 2. The molecule has 214 valence electrons. The van der Waals surface area contributed by atoms with Crippen LogP contribution in [-0.4, -0.2) is 58.9 Å². The van der Waals surface area contributed by atoms with Gasteiger partial charge >= 0.3 is 5.97 Å². The number of nitrogens with zero attached hydrogens (tertiary/aromatic N) is 2. The molecule has 1 aliphatic carbocycles. The first-order valence-corrected chi connectivity index (χ1v) is 14.7. The van der Waals surface area contributed by atoms with Gasteiger partial charge in [-0.15, -0.1) is 11.3 Å². The molecule has 2 aliphatic rings. The van der Waals surface area contributed by atoms with Gasteiger partial charge in [0, 0.05) is 47.1 Å². The molecule has 1 aliphatic heterocycles. The molecule has 1 aromatic heterocycles. The maximum absolute atomic E-state index is 13.3. The monoisotopic (exact) mass is 574 g/mol. The number of aliphatic carboxylic acids is 1. The van der Waals surface area contributed by atoms with Gasteiger partial charge in [0.15, 0.2) is 0 Å². The fourth-order valence-corrected chi connectivity index (χ4v) is 6.01. The minimum atomic E-state index is -1.01. The first kappa shape index (κ1) is 28.4. The number of piperazine rings is 1. The Bertz CT molecular complexity index is 1420. The summed E-state index contributed by atoms with van der Waals surface area (Å²) in [7, 11) is 0. The molecule has 1 saturated carbocycles. The fourth-order valence-electron chi connectivity index (χ4n) is 5.23. The number of benzene rings is 2. The molecule has 0 spiro atoms. The van der Waals surface area contributed by atoms with Gasteiger partial charge in [-0.1, -0.05) is 24.3 Å². The number of hydrogen-bond acceptors (Lipinski definition) is 6. The SMILES string of the molecule is CC1CN(c2ccc(C(=O)NC(CC(=O)O)c3cccs3)cc2NC(=O)C2CC2)C(C)CN1C(=O)c1ccccc1. The van der Waals surface area contributed by atoms with Crippen molar-refractivity contribution in [2.75, 3.05) is 23.3 Å². The van der Waals surface area contributed by atoms with Crippen LogP contribution in [0, 0.1) is 5.92 Å². The minimum Gasteiger partial charge on any atom is -0.481 e. The predicted octanol–water partition coefficient (Wildman–Crippen LogP) is 4.78. The summed E-state index contributed by atoms with van der Waals surface area (Å²) in [5.41, 5.74) is 2.28. The largest absolute Gasteiger partial charge is 0.481 e.